The van der Waals surface area contributed by atoms with Gasteiger partial charge in [0.25, 0.3) is 0 Å². The Balaban J connectivity index is 1.87. The number of hydrogen-bond donors (Lipinski definition) is 2. The molecule has 1 fully saturated rings. The quantitative estimate of drug-likeness (QED) is 0.723. The van der Waals surface area contributed by atoms with Gasteiger partial charge in [-0.2, -0.15) is 0 Å². The van der Waals surface area contributed by atoms with E-state index in [-0.39, 0.29) is 6.10 Å². The Morgan fingerprint density at radius 3 is 2.73 bits per heavy atom. The van der Waals surface area contributed by atoms with Crippen LogP contribution in [0.5, 0.6) is 5.75 Å². The molecular formula is C10H12N2O3. The first kappa shape index (κ1) is 9.79. The van der Waals surface area contributed by atoms with E-state index in [1.54, 1.807) is 24.3 Å². The molecule has 80 valence electrons. The number of rotatable bonds is 4. The molecule has 0 unspecified atom stereocenters. The molecule has 0 radical (unpaired) electrons. The normalized spacial score (nSPS) is 18.3. The highest BCUT2D eigenvalue weighted by Gasteiger charge is 2.22. The van der Waals surface area contributed by atoms with Gasteiger partial charge in [-0.3, -0.25) is 0 Å². The summed E-state index contributed by atoms with van der Waals surface area (Å²) in [5.41, 5.74) is 5.62. The molecule has 0 saturated carbocycles. The largest absolute Gasteiger partial charge is 0.491 e. The van der Waals surface area contributed by atoms with Gasteiger partial charge in [0.15, 0.2) is 0 Å². The molecule has 1 saturated heterocycles. The molecule has 1 atom stereocenters. The van der Waals surface area contributed by atoms with Gasteiger partial charge >= 0.3 is 6.03 Å². The first-order valence-electron chi connectivity index (χ1n) is 4.65. The minimum Gasteiger partial charge on any atom is -0.491 e. The number of benzene rings is 1. The summed E-state index contributed by atoms with van der Waals surface area (Å²) in [5, 5.41) is 2.47. The molecule has 5 heteroatoms. The van der Waals surface area contributed by atoms with Crippen molar-refractivity contribution in [3.05, 3.63) is 24.3 Å². The summed E-state index contributed by atoms with van der Waals surface area (Å²) in [7, 11) is 0. The van der Waals surface area contributed by atoms with E-state index in [0.717, 1.165) is 12.4 Å². The van der Waals surface area contributed by atoms with Crippen molar-refractivity contribution >= 4 is 11.7 Å². The van der Waals surface area contributed by atoms with E-state index in [1.165, 1.54) is 0 Å². The summed E-state index contributed by atoms with van der Waals surface area (Å²) >= 11 is 0. The molecule has 0 spiro atoms. The van der Waals surface area contributed by atoms with Crippen LogP contribution in [0.1, 0.15) is 0 Å². The molecule has 0 bridgehead atoms. The van der Waals surface area contributed by atoms with Crippen molar-refractivity contribution in [2.75, 3.05) is 18.5 Å². The van der Waals surface area contributed by atoms with E-state index in [1.807, 2.05) is 0 Å². The van der Waals surface area contributed by atoms with E-state index >= 15 is 0 Å². The number of carbonyl (C=O) groups is 1. The Morgan fingerprint density at radius 2 is 2.20 bits per heavy atom. The Bertz CT molecular complexity index is 346. The third-order valence-electron chi connectivity index (χ3n) is 1.96. The number of amides is 2. The lowest BCUT2D eigenvalue weighted by Crippen LogP contribution is -2.19. The Morgan fingerprint density at radius 1 is 1.53 bits per heavy atom. The highest BCUT2D eigenvalue weighted by Crippen LogP contribution is 2.17. The molecule has 1 heterocycles. The maximum atomic E-state index is 10.5. The number of ether oxygens (including phenoxy) is 2. The minimum absolute atomic E-state index is 0.244. The first-order valence-corrected chi connectivity index (χ1v) is 4.65. The fourth-order valence-electron chi connectivity index (χ4n) is 1.13. The summed E-state index contributed by atoms with van der Waals surface area (Å²) in [5.74, 6) is 0.750. The molecule has 15 heavy (non-hydrogen) atoms. The topological polar surface area (TPSA) is 76.9 Å². The van der Waals surface area contributed by atoms with E-state index in [0.29, 0.717) is 12.3 Å². The number of anilines is 1. The van der Waals surface area contributed by atoms with Crippen LogP contribution in [-0.4, -0.2) is 25.3 Å². The molecular weight excluding hydrogens is 196 g/mol. The molecule has 3 N–H and O–H groups in total. The van der Waals surface area contributed by atoms with Gasteiger partial charge in [-0.1, -0.05) is 0 Å². The number of nitrogens with one attached hydrogen (secondary N) is 1. The van der Waals surface area contributed by atoms with Crippen LogP contribution in [-0.2, 0) is 4.74 Å². The van der Waals surface area contributed by atoms with Crippen molar-refractivity contribution in [2.24, 2.45) is 5.73 Å². The van der Waals surface area contributed by atoms with E-state index in [9.17, 15) is 4.79 Å². The third-order valence-corrected chi connectivity index (χ3v) is 1.96. The molecule has 1 aromatic carbocycles. The maximum absolute atomic E-state index is 10.5. The second-order valence-corrected chi connectivity index (χ2v) is 3.28. The average Bonchev–Trinajstić information content (AvgIpc) is 2.99. The van der Waals surface area contributed by atoms with Crippen LogP contribution in [0.25, 0.3) is 0 Å². The van der Waals surface area contributed by atoms with Gasteiger partial charge in [-0.05, 0) is 24.3 Å². The predicted molar refractivity (Wildman–Crippen MR) is 54.9 cm³/mol. The second kappa shape index (κ2) is 4.18. The van der Waals surface area contributed by atoms with Crippen molar-refractivity contribution in [1.29, 1.82) is 0 Å². The number of primary amides is 1. The molecule has 2 rings (SSSR count). The lowest BCUT2D eigenvalue weighted by Gasteiger charge is -2.05. The van der Waals surface area contributed by atoms with Crippen LogP contribution in [0, 0.1) is 0 Å². The monoisotopic (exact) mass is 208 g/mol. The lowest BCUT2D eigenvalue weighted by molar-refractivity contribution is 0.259. The predicted octanol–water partition coefficient (Wildman–Crippen LogP) is 0.955. The molecule has 1 aromatic rings. The number of carbonyl (C=O) groups excluding carboxylic acids is 1. The summed E-state index contributed by atoms with van der Waals surface area (Å²) in [6, 6.07) is 6.43. The van der Waals surface area contributed by atoms with Crippen LogP contribution in [0.3, 0.4) is 0 Å². The van der Waals surface area contributed by atoms with Crippen molar-refractivity contribution in [2.45, 2.75) is 6.10 Å². The fourth-order valence-corrected chi connectivity index (χ4v) is 1.13. The zero-order valence-corrected chi connectivity index (χ0v) is 8.10. The van der Waals surface area contributed by atoms with Gasteiger partial charge in [-0.15, -0.1) is 0 Å². The molecule has 0 aromatic heterocycles. The number of hydrogen-bond acceptors (Lipinski definition) is 3. The van der Waals surface area contributed by atoms with Crippen molar-refractivity contribution in [3.8, 4) is 5.75 Å². The lowest BCUT2D eigenvalue weighted by atomic mass is 10.3. The third kappa shape index (κ3) is 3.14. The zero-order chi connectivity index (χ0) is 10.7. The van der Waals surface area contributed by atoms with Crippen LogP contribution in [0.2, 0.25) is 0 Å². The summed E-state index contributed by atoms with van der Waals surface area (Å²) in [6.07, 6.45) is 0.244. The molecule has 2 amide bonds. The Kier molecular flexibility index (Phi) is 2.73. The Hall–Kier alpha value is -1.75. The highest BCUT2D eigenvalue weighted by atomic mass is 16.6. The van der Waals surface area contributed by atoms with E-state index < -0.39 is 6.03 Å². The molecule has 5 nitrogen and oxygen atoms in total. The number of epoxide rings is 1. The SMILES string of the molecule is NC(=O)Nc1ccc(OC[C@@H]2CO2)cc1. The van der Waals surface area contributed by atoms with E-state index in [4.69, 9.17) is 15.2 Å². The standard InChI is InChI=1S/C10H12N2O3/c11-10(13)12-7-1-3-8(4-2-7)14-5-9-6-15-9/h1-4,9H,5-6H2,(H3,11,12,13)/t9-/m1/s1. The number of urea groups is 1. The average molecular weight is 208 g/mol. The van der Waals surface area contributed by atoms with Gasteiger partial charge in [0.05, 0.1) is 6.61 Å². The molecule has 1 aliphatic heterocycles. The number of nitrogens with two attached hydrogens (primary N) is 1. The van der Waals surface area contributed by atoms with Crippen LogP contribution in [0.15, 0.2) is 24.3 Å². The highest BCUT2D eigenvalue weighted by molar-refractivity contribution is 5.87. The summed E-state index contributed by atoms with van der Waals surface area (Å²) < 4.78 is 10.4. The van der Waals surface area contributed by atoms with Gasteiger partial charge < -0.3 is 20.5 Å². The Labute approximate surface area is 87.2 Å². The fraction of sp³-hybridized carbons (Fsp3) is 0.300. The van der Waals surface area contributed by atoms with Gasteiger partial charge in [0, 0.05) is 5.69 Å². The summed E-state index contributed by atoms with van der Waals surface area (Å²) in [4.78, 5) is 10.5. The maximum Gasteiger partial charge on any atom is 0.316 e. The van der Waals surface area contributed by atoms with Gasteiger partial charge in [-0.25, -0.2) is 4.79 Å². The van der Waals surface area contributed by atoms with Gasteiger partial charge in [0.1, 0.15) is 18.5 Å². The van der Waals surface area contributed by atoms with Crippen LogP contribution < -0.4 is 15.8 Å². The van der Waals surface area contributed by atoms with Crippen molar-refractivity contribution < 1.29 is 14.3 Å². The minimum atomic E-state index is -0.574. The summed E-state index contributed by atoms with van der Waals surface area (Å²) in [6.45, 7) is 1.35. The van der Waals surface area contributed by atoms with Gasteiger partial charge in [0.2, 0.25) is 0 Å². The first-order chi connectivity index (χ1) is 7.24. The van der Waals surface area contributed by atoms with Crippen LogP contribution in [0.4, 0.5) is 10.5 Å². The van der Waals surface area contributed by atoms with Crippen molar-refractivity contribution in [3.63, 3.8) is 0 Å². The zero-order valence-electron chi connectivity index (χ0n) is 8.10. The smallest absolute Gasteiger partial charge is 0.316 e. The van der Waals surface area contributed by atoms with Crippen LogP contribution >= 0.6 is 0 Å². The van der Waals surface area contributed by atoms with Crippen molar-refractivity contribution in [1.82, 2.24) is 0 Å². The molecule has 1 aliphatic rings. The second-order valence-electron chi connectivity index (χ2n) is 3.28. The van der Waals surface area contributed by atoms with E-state index in [2.05, 4.69) is 5.32 Å². The molecule has 0 aliphatic carbocycles.